The monoisotopic (exact) mass is 190 g/mol. The SMILES string of the molecule is CCCCO.O=C(O)C1CCCO1. The molecule has 1 rings (SSSR count). The normalized spacial score (nSPS) is 20.6. The van der Waals surface area contributed by atoms with Gasteiger partial charge in [0.1, 0.15) is 0 Å². The van der Waals surface area contributed by atoms with Crippen molar-refractivity contribution in [2.75, 3.05) is 13.2 Å². The lowest BCUT2D eigenvalue weighted by molar-refractivity contribution is -0.147. The molecule has 13 heavy (non-hydrogen) atoms. The first kappa shape index (κ1) is 12.4. The van der Waals surface area contributed by atoms with E-state index in [1.165, 1.54) is 0 Å². The van der Waals surface area contributed by atoms with Gasteiger partial charge < -0.3 is 14.9 Å². The zero-order chi connectivity index (χ0) is 10.1. The molecule has 0 aliphatic carbocycles. The first-order chi connectivity index (χ1) is 6.22. The molecule has 0 aromatic carbocycles. The molecule has 4 nitrogen and oxygen atoms in total. The van der Waals surface area contributed by atoms with Gasteiger partial charge in [-0.15, -0.1) is 0 Å². The van der Waals surface area contributed by atoms with Gasteiger partial charge in [0.15, 0.2) is 6.10 Å². The lowest BCUT2D eigenvalue weighted by Crippen LogP contribution is -2.17. The third-order valence-corrected chi connectivity index (χ3v) is 1.72. The van der Waals surface area contributed by atoms with Crippen LogP contribution in [0.15, 0.2) is 0 Å². The number of aliphatic carboxylic acids is 1. The van der Waals surface area contributed by atoms with E-state index in [1.54, 1.807) is 0 Å². The van der Waals surface area contributed by atoms with Crippen LogP contribution in [-0.2, 0) is 9.53 Å². The summed E-state index contributed by atoms with van der Waals surface area (Å²) in [6.45, 7) is 3.00. The number of ether oxygens (including phenoxy) is 1. The van der Waals surface area contributed by atoms with Gasteiger partial charge in [0.05, 0.1) is 0 Å². The Morgan fingerprint density at radius 2 is 2.31 bits per heavy atom. The number of hydrogen-bond acceptors (Lipinski definition) is 3. The zero-order valence-electron chi connectivity index (χ0n) is 8.03. The second kappa shape index (κ2) is 8.01. The number of unbranched alkanes of at least 4 members (excludes halogenated alkanes) is 1. The maximum absolute atomic E-state index is 10.1. The van der Waals surface area contributed by atoms with Crippen molar-refractivity contribution in [2.24, 2.45) is 0 Å². The second-order valence-corrected chi connectivity index (χ2v) is 2.92. The molecule has 0 aromatic heterocycles. The molecular formula is C9H18O4. The van der Waals surface area contributed by atoms with Crippen molar-refractivity contribution in [2.45, 2.75) is 38.7 Å². The van der Waals surface area contributed by atoms with Crippen molar-refractivity contribution >= 4 is 5.97 Å². The van der Waals surface area contributed by atoms with Gasteiger partial charge in [0.25, 0.3) is 0 Å². The predicted octanol–water partition coefficient (Wildman–Crippen LogP) is 1.03. The summed E-state index contributed by atoms with van der Waals surface area (Å²) in [5.74, 6) is -0.831. The standard InChI is InChI=1S/C5H8O3.C4H10O/c6-5(7)4-2-1-3-8-4;1-2-3-4-5/h4H,1-3H2,(H,6,7);5H,2-4H2,1H3. The molecular weight excluding hydrogens is 172 g/mol. The summed E-state index contributed by atoms with van der Waals surface area (Å²) in [6.07, 6.45) is 3.08. The van der Waals surface area contributed by atoms with E-state index in [1.807, 2.05) is 0 Å². The van der Waals surface area contributed by atoms with Gasteiger partial charge in [-0.2, -0.15) is 0 Å². The highest BCUT2D eigenvalue weighted by atomic mass is 16.5. The fourth-order valence-corrected chi connectivity index (χ4v) is 0.931. The van der Waals surface area contributed by atoms with E-state index < -0.39 is 12.1 Å². The highest BCUT2D eigenvalue weighted by Crippen LogP contribution is 2.10. The van der Waals surface area contributed by atoms with Crippen molar-refractivity contribution in [3.8, 4) is 0 Å². The van der Waals surface area contributed by atoms with Crippen LogP contribution >= 0.6 is 0 Å². The fourth-order valence-electron chi connectivity index (χ4n) is 0.931. The van der Waals surface area contributed by atoms with Gasteiger partial charge in [-0.1, -0.05) is 13.3 Å². The van der Waals surface area contributed by atoms with Gasteiger partial charge in [-0.3, -0.25) is 0 Å². The Kier molecular flexibility index (Phi) is 7.63. The fraction of sp³-hybridized carbons (Fsp3) is 0.889. The van der Waals surface area contributed by atoms with Crippen LogP contribution in [0.3, 0.4) is 0 Å². The first-order valence-corrected chi connectivity index (χ1v) is 4.67. The largest absolute Gasteiger partial charge is 0.479 e. The molecule has 0 radical (unpaired) electrons. The molecule has 2 N–H and O–H groups in total. The van der Waals surface area contributed by atoms with E-state index in [9.17, 15) is 4.79 Å². The molecule has 0 aromatic rings. The van der Waals surface area contributed by atoms with Crippen LogP contribution in [0.2, 0.25) is 0 Å². The molecule has 1 unspecified atom stereocenters. The zero-order valence-corrected chi connectivity index (χ0v) is 8.03. The van der Waals surface area contributed by atoms with Crippen molar-refractivity contribution < 1.29 is 19.7 Å². The topological polar surface area (TPSA) is 66.8 Å². The molecule has 78 valence electrons. The van der Waals surface area contributed by atoms with Gasteiger partial charge in [-0.25, -0.2) is 4.79 Å². The maximum atomic E-state index is 10.1. The van der Waals surface area contributed by atoms with Gasteiger partial charge in [0, 0.05) is 13.2 Å². The van der Waals surface area contributed by atoms with Crippen LogP contribution in [0.5, 0.6) is 0 Å². The Morgan fingerprint density at radius 1 is 1.62 bits per heavy atom. The molecule has 1 fully saturated rings. The summed E-state index contributed by atoms with van der Waals surface area (Å²) in [5.41, 5.74) is 0. The van der Waals surface area contributed by atoms with E-state index in [4.69, 9.17) is 14.9 Å². The maximum Gasteiger partial charge on any atom is 0.332 e. The van der Waals surface area contributed by atoms with E-state index >= 15 is 0 Å². The smallest absolute Gasteiger partial charge is 0.332 e. The number of carboxylic acid groups (broad SMARTS) is 1. The third-order valence-electron chi connectivity index (χ3n) is 1.72. The third kappa shape index (κ3) is 6.54. The summed E-state index contributed by atoms with van der Waals surface area (Å²) >= 11 is 0. The van der Waals surface area contributed by atoms with Gasteiger partial charge in [0.2, 0.25) is 0 Å². The molecule has 0 spiro atoms. The van der Waals surface area contributed by atoms with Crippen molar-refractivity contribution in [3.63, 3.8) is 0 Å². The summed E-state index contributed by atoms with van der Waals surface area (Å²) in [5, 5.41) is 16.4. The highest BCUT2D eigenvalue weighted by Gasteiger charge is 2.21. The minimum Gasteiger partial charge on any atom is -0.479 e. The van der Waals surface area contributed by atoms with E-state index in [0.29, 0.717) is 19.6 Å². The minimum absolute atomic E-state index is 0.344. The Bertz CT molecular complexity index is 128. The Labute approximate surface area is 78.5 Å². The van der Waals surface area contributed by atoms with Crippen LogP contribution in [0, 0.1) is 0 Å². The lowest BCUT2D eigenvalue weighted by atomic mass is 10.2. The lowest BCUT2D eigenvalue weighted by Gasteiger charge is -1.98. The molecule has 1 heterocycles. The average molecular weight is 190 g/mol. The number of hydrogen-bond donors (Lipinski definition) is 2. The molecule has 4 heteroatoms. The average Bonchev–Trinajstić information content (AvgIpc) is 2.58. The van der Waals surface area contributed by atoms with E-state index in [0.717, 1.165) is 19.3 Å². The van der Waals surface area contributed by atoms with Crippen LogP contribution in [0.4, 0.5) is 0 Å². The van der Waals surface area contributed by atoms with Crippen molar-refractivity contribution in [1.82, 2.24) is 0 Å². The summed E-state index contributed by atoms with van der Waals surface area (Å²) in [7, 11) is 0. The molecule has 0 bridgehead atoms. The van der Waals surface area contributed by atoms with E-state index in [-0.39, 0.29) is 0 Å². The Balaban J connectivity index is 0.000000252. The highest BCUT2D eigenvalue weighted by molar-refractivity contribution is 5.72. The molecule has 0 amide bonds. The Hall–Kier alpha value is -0.610. The second-order valence-electron chi connectivity index (χ2n) is 2.92. The number of carbonyl (C=O) groups is 1. The summed E-state index contributed by atoms with van der Waals surface area (Å²) in [6, 6.07) is 0. The van der Waals surface area contributed by atoms with Crippen LogP contribution in [-0.4, -0.2) is 35.5 Å². The quantitative estimate of drug-likeness (QED) is 0.697. The molecule has 1 aliphatic rings. The van der Waals surface area contributed by atoms with E-state index in [2.05, 4.69) is 6.92 Å². The molecule has 1 saturated heterocycles. The summed E-state index contributed by atoms with van der Waals surface area (Å²) in [4.78, 5) is 10.1. The predicted molar refractivity (Wildman–Crippen MR) is 48.6 cm³/mol. The molecule has 1 atom stereocenters. The number of aliphatic hydroxyl groups excluding tert-OH is 1. The summed E-state index contributed by atoms with van der Waals surface area (Å²) < 4.78 is 4.81. The molecule has 1 aliphatic heterocycles. The van der Waals surface area contributed by atoms with Crippen LogP contribution in [0.1, 0.15) is 32.6 Å². The van der Waals surface area contributed by atoms with Gasteiger partial charge in [-0.05, 0) is 19.3 Å². The van der Waals surface area contributed by atoms with Crippen LogP contribution < -0.4 is 0 Å². The number of carboxylic acids is 1. The Morgan fingerprint density at radius 3 is 2.46 bits per heavy atom. The number of aliphatic hydroxyl groups is 1. The van der Waals surface area contributed by atoms with Crippen LogP contribution in [0.25, 0.3) is 0 Å². The molecule has 0 saturated carbocycles. The van der Waals surface area contributed by atoms with Gasteiger partial charge >= 0.3 is 5.97 Å². The van der Waals surface area contributed by atoms with Crippen molar-refractivity contribution in [3.05, 3.63) is 0 Å². The van der Waals surface area contributed by atoms with Crippen molar-refractivity contribution in [1.29, 1.82) is 0 Å². The first-order valence-electron chi connectivity index (χ1n) is 4.67. The number of rotatable bonds is 3. The minimum atomic E-state index is -0.831.